The van der Waals surface area contributed by atoms with E-state index in [9.17, 15) is 29.6 Å². The minimum atomic E-state index is -1.78. The first-order chi connectivity index (χ1) is 34.3. The number of likely N-dealkylation sites (N-methyl/N-ethyl adjacent to an activating group) is 1. The predicted molar refractivity (Wildman–Crippen MR) is 283 cm³/mol. The number of aliphatic hydroxyl groups excluding tert-OH is 2. The molecule has 0 amide bonds. The van der Waals surface area contributed by atoms with Crippen LogP contribution in [0, 0.1) is 23.7 Å². The Morgan fingerprint density at radius 1 is 0.973 bits per heavy atom. The largest absolute Gasteiger partial charge is 0.459 e. The molecule has 1 unspecified atom stereocenters. The van der Waals surface area contributed by atoms with Crippen molar-refractivity contribution < 1.29 is 58.0 Å². The van der Waals surface area contributed by atoms with Gasteiger partial charge in [0.2, 0.25) is 0 Å². The molecule has 0 spiro atoms. The molecule has 0 bridgehead atoms. The Hall–Kier alpha value is -2.17. The lowest BCUT2D eigenvalue weighted by Gasteiger charge is -2.50. The zero-order valence-electron chi connectivity index (χ0n) is 47.1. The average Bonchev–Trinajstić information content (AvgIpc) is 3.71. The molecule has 19 atom stereocenters. The number of nitrogens with zero attached hydrogens (tertiary/aromatic N) is 4. The van der Waals surface area contributed by atoms with E-state index in [4.69, 9.17) is 28.4 Å². The predicted octanol–water partition coefficient (Wildman–Crippen LogP) is 6.35. The number of nitrogens with one attached hydrogen (secondary N) is 1. The van der Waals surface area contributed by atoms with Crippen molar-refractivity contribution in [3.05, 3.63) is 41.7 Å². The number of carbonyl (C=O) groups excluding carboxylic acids is 1. The summed E-state index contributed by atoms with van der Waals surface area (Å²) in [6.07, 6.45) is -1.25. The molecule has 1 aromatic rings. The molecule has 0 saturated carbocycles. The molecule has 4 aliphatic rings. The highest BCUT2D eigenvalue weighted by Crippen LogP contribution is 2.44. The fourth-order valence-corrected chi connectivity index (χ4v) is 13.3. The van der Waals surface area contributed by atoms with Crippen molar-refractivity contribution in [3.8, 4) is 0 Å². The lowest BCUT2D eigenvalue weighted by atomic mass is 9.68. The number of aliphatic hydroxyl groups is 4. The van der Waals surface area contributed by atoms with Gasteiger partial charge in [0.1, 0.15) is 42.7 Å². The summed E-state index contributed by atoms with van der Waals surface area (Å²) in [5.74, 6) is -1.70. The van der Waals surface area contributed by atoms with Crippen LogP contribution in [0.1, 0.15) is 126 Å². The summed E-state index contributed by atoms with van der Waals surface area (Å²) >= 11 is 1.76. The van der Waals surface area contributed by atoms with Gasteiger partial charge in [0.15, 0.2) is 0 Å². The van der Waals surface area contributed by atoms with E-state index >= 15 is 0 Å². The topological polar surface area (TPSA) is 178 Å². The van der Waals surface area contributed by atoms with E-state index < -0.39 is 102 Å². The van der Waals surface area contributed by atoms with Gasteiger partial charge < -0.3 is 64.1 Å². The normalized spacial score (nSPS) is 39.8. The Bertz CT molecular complexity index is 1910. The van der Waals surface area contributed by atoms with Gasteiger partial charge in [-0.1, -0.05) is 46.8 Å². The van der Waals surface area contributed by atoms with Gasteiger partial charge in [-0.05, 0) is 117 Å². The first-order valence-corrected chi connectivity index (χ1v) is 28.0. The third-order valence-electron chi connectivity index (χ3n) is 16.9. The molecule has 16 nitrogen and oxygen atoms in total. The van der Waals surface area contributed by atoms with Crippen LogP contribution in [0.4, 0.5) is 4.39 Å². The molecule has 0 radical (unpaired) electrons. The number of cyclic esters (lactones) is 1. The van der Waals surface area contributed by atoms with Crippen LogP contribution >= 0.6 is 11.8 Å². The third kappa shape index (κ3) is 14.7. The number of alkyl halides is 1. The van der Waals surface area contributed by atoms with E-state index in [1.807, 2.05) is 75.1 Å². The van der Waals surface area contributed by atoms with Crippen LogP contribution in [0.25, 0.3) is 0 Å². The summed E-state index contributed by atoms with van der Waals surface area (Å²) in [4.78, 5) is 20.1. The zero-order valence-corrected chi connectivity index (χ0v) is 47.9. The highest BCUT2D eigenvalue weighted by molar-refractivity contribution is 7.99. The summed E-state index contributed by atoms with van der Waals surface area (Å²) in [6.45, 7) is 21.4. The van der Waals surface area contributed by atoms with Crippen molar-refractivity contribution in [2.24, 2.45) is 23.7 Å². The molecular formula is C55H96FN5O11S. The third-order valence-corrected chi connectivity index (χ3v) is 17.8. The van der Waals surface area contributed by atoms with Crippen LogP contribution in [-0.2, 0) is 33.2 Å². The summed E-state index contributed by atoms with van der Waals surface area (Å²) in [6, 6.07) is 7.21. The summed E-state index contributed by atoms with van der Waals surface area (Å²) in [5, 5.41) is 51.5. The maximum absolute atomic E-state index is 15.0. The molecule has 5 N–H and O–H groups in total. The van der Waals surface area contributed by atoms with Gasteiger partial charge in [-0.25, -0.2) is 4.39 Å². The summed E-state index contributed by atoms with van der Waals surface area (Å²) in [5.41, 5.74) is 1.09. The number of hydrogen-bond acceptors (Lipinski definition) is 17. The van der Waals surface area contributed by atoms with Crippen LogP contribution in [-0.4, -0.2) is 198 Å². The molecule has 3 fully saturated rings. The van der Waals surface area contributed by atoms with Crippen molar-refractivity contribution in [2.45, 2.75) is 209 Å². The number of halogens is 1. The Balaban J connectivity index is 1.38. The first-order valence-electron chi connectivity index (χ1n) is 27.0. The molecule has 0 aromatic heterocycles. The molecule has 0 aliphatic carbocycles. The van der Waals surface area contributed by atoms with E-state index in [0.717, 1.165) is 34.9 Å². The van der Waals surface area contributed by atoms with Crippen LogP contribution < -0.4 is 5.43 Å². The Morgan fingerprint density at radius 3 is 2.25 bits per heavy atom. The molecule has 420 valence electrons. The summed E-state index contributed by atoms with van der Waals surface area (Å²) < 4.78 is 53.4. The van der Waals surface area contributed by atoms with E-state index in [0.29, 0.717) is 25.8 Å². The minimum absolute atomic E-state index is 0.0773. The second kappa shape index (κ2) is 26.5. The van der Waals surface area contributed by atoms with Crippen LogP contribution in [0.3, 0.4) is 0 Å². The van der Waals surface area contributed by atoms with Crippen molar-refractivity contribution in [1.82, 2.24) is 25.4 Å². The lowest BCUT2D eigenvalue weighted by molar-refractivity contribution is -0.242. The number of rotatable bonds is 17. The number of benzene rings is 1. The Labute approximate surface area is 441 Å². The lowest BCUT2D eigenvalue weighted by Crippen LogP contribution is -2.60. The molecule has 18 heteroatoms. The second-order valence-corrected chi connectivity index (χ2v) is 24.2. The number of carbonyl (C=O) groups is 1. The summed E-state index contributed by atoms with van der Waals surface area (Å²) in [7, 11) is 9.08. The van der Waals surface area contributed by atoms with Crippen LogP contribution in [0.15, 0.2) is 41.1 Å². The minimum Gasteiger partial charge on any atom is -0.459 e. The molecular weight excluding hydrogens is 958 g/mol. The monoisotopic (exact) mass is 1050 g/mol. The smallest absolute Gasteiger partial charge is 0.309 e. The van der Waals surface area contributed by atoms with E-state index in [1.54, 1.807) is 46.8 Å². The van der Waals surface area contributed by atoms with E-state index in [-0.39, 0.29) is 43.6 Å². The van der Waals surface area contributed by atoms with Gasteiger partial charge in [-0.2, -0.15) is 0 Å². The number of methoxy groups -OCH3 is 2. The Morgan fingerprint density at radius 2 is 1.64 bits per heavy atom. The molecule has 3 saturated heterocycles. The molecule has 73 heavy (non-hydrogen) atoms. The fourth-order valence-electron chi connectivity index (χ4n) is 12.6. The van der Waals surface area contributed by atoms with Gasteiger partial charge >= 0.3 is 5.97 Å². The maximum Gasteiger partial charge on any atom is 0.309 e. The Kier molecular flexibility index (Phi) is 22.4. The van der Waals surface area contributed by atoms with Gasteiger partial charge in [-0.15, -0.1) is 16.9 Å². The van der Waals surface area contributed by atoms with E-state index in [1.165, 1.54) is 6.92 Å². The highest BCUT2D eigenvalue weighted by Gasteiger charge is 2.54. The van der Waals surface area contributed by atoms with Crippen molar-refractivity contribution in [2.75, 3.05) is 67.5 Å². The van der Waals surface area contributed by atoms with Crippen molar-refractivity contribution in [3.63, 3.8) is 0 Å². The zero-order chi connectivity index (χ0) is 54.3. The average molecular weight is 1050 g/mol. The molecule has 4 aliphatic heterocycles. The first kappa shape index (κ1) is 61.7. The number of esters is 1. The molecule has 1 aromatic carbocycles. The number of hydrazine groups is 2. The quantitative estimate of drug-likeness (QED) is 0.0860. The highest BCUT2D eigenvalue weighted by atomic mass is 32.2. The van der Waals surface area contributed by atoms with Crippen LogP contribution in [0.5, 0.6) is 0 Å². The van der Waals surface area contributed by atoms with Crippen molar-refractivity contribution in [1.29, 1.82) is 0 Å². The van der Waals surface area contributed by atoms with Crippen LogP contribution in [0.2, 0.25) is 0 Å². The molecule has 4 heterocycles. The number of hydrogen-bond donors (Lipinski definition) is 5. The number of thioether (sulfide) groups is 1. The maximum atomic E-state index is 15.0. The fraction of sp³-hybridized carbons (Fsp3) is 0.836. The van der Waals surface area contributed by atoms with Gasteiger partial charge in [0, 0.05) is 82.0 Å². The van der Waals surface area contributed by atoms with Crippen molar-refractivity contribution >= 4 is 17.7 Å². The SMILES string of the molecule is CCSc1ccc([C@@H](OC)[C@@H](CF)N2C=C(CCN(C)[C@@H]3C[C@H](CO[C@@H]4[C@@H](C)[C@H](C5C[C@@](C)(OC)[C@@H](O)[C@H](C)O5)[C@@H](C)C(=O)O[C@H](CC)[C@@](C)(O)[C@H](O)[C@@H](C)N(C)C[C@H](C)C[C@@]4(C)O)O[C@H](C)C3)NN2C)cc1. The van der Waals surface area contributed by atoms with Gasteiger partial charge in [0.05, 0.1) is 54.2 Å². The van der Waals surface area contributed by atoms with Gasteiger partial charge in [-0.3, -0.25) is 9.80 Å². The van der Waals surface area contributed by atoms with E-state index in [2.05, 4.69) is 50.3 Å². The molecule has 5 rings (SSSR count). The second-order valence-electron chi connectivity index (χ2n) is 22.8. The van der Waals surface area contributed by atoms with Gasteiger partial charge in [0.25, 0.3) is 0 Å². The number of ether oxygens (including phenoxy) is 6. The standard InChI is InChI=1S/C55H96FN5O11S/c1-17-46-55(11,66)49(62)37(7)59(13)30-33(3)27-53(9,65)51(35(5)47(36(6)52(64)72-46)45-28-54(10,68-16)50(63)38(8)71-45)69-32-42-26-41(25-34(4)70-42)58(12)24-23-40-31-61(60(14)57-40)44(29-56)48(67-15)39-19-21-43(22-20-39)73-18-2/h19-22,31,33-38,41-42,44-51,57,62-63,65-66H,17-18,23-30,32H2,1-16H3/t33-,34-,35+,36-,37-,38+,41+,42-,44-,45?,46-,47+,48-,49-,50+,51-,53-,54-,55-/m1/s1.